The van der Waals surface area contributed by atoms with Gasteiger partial charge in [-0.2, -0.15) is 0 Å². The molecule has 5 nitrogen and oxygen atoms in total. The predicted octanol–water partition coefficient (Wildman–Crippen LogP) is 9.04. The summed E-state index contributed by atoms with van der Waals surface area (Å²) in [5.41, 5.74) is 6.97. The molecule has 0 spiro atoms. The maximum atomic E-state index is 6.48. The Balaban J connectivity index is 1.48. The quantitative estimate of drug-likeness (QED) is 0.237. The van der Waals surface area contributed by atoms with Gasteiger partial charge in [0.15, 0.2) is 17.2 Å². The van der Waals surface area contributed by atoms with Crippen molar-refractivity contribution in [3.05, 3.63) is 115 Å². The number of hydrogen-bond donors (Lipinski definition) is 0. The van der Waals surface area contributed by atoms with Crippen LogP contribution in [0, 0.1) is 0 Å². The van der Waals surface area contributed by atoms with Gasteiger partial charge >= 0.3 is 0 Å². The van der Waals surface area contributed by atoms with Crippen molar-refractivity contribution in [2.24, 2.45) is 0 Å². The van der Waals surface area contributed by atoms with Crippen LogP contribution in [0.25, 0.3) is 83.0 Å². The van der Waals surface area contributed by atoms with Crippen molar-refractivity contribution < 1.29 is 8.83 Å². The van der Waals surface area contributed by atoms with Crippen LogP contribution >= 0.6 is 0 Å². The van der Waals surface area contributed by atoms with Crippen molar-refractivity contribution in [1.82, 2.24) is 14.5 Å². The minimum atomic E-state index is 0.653. The zero-order valence-corrected chi connectivity index (χ0v) is 20.6. The van der Waals surface area contributed by atoms with E-state index in [1.165, 1.54) is 0 Å². The third kappa shape index (κ3) is 2.79. The number of para-hydroxylation sites is 3. The Morgan fingerprint density at radius 2 is 1.15 bits per heavy atom. The van der Waals surface area contributed by atoms with E-state index in [0.29, 0.717) is 17.2 Å². The lowest BCUT2D eigenvalue weighted by Gasteiger charge is -2.10. The monoisotopic (exact) mass is 501 g/mol. The van der Waals surface area contributed by atoms with Crippen molar-refractivity contribution in [3.63, 3.8) is 0 Å². The molecule has 9 rings (SSSR count). The van der Waals surface area contributed by atoms with Gasteiger partial charge in [-0.1, -0.05) is 78.9 Å². The van der Waals surface area contributed by atoms with Crippen molar-refractivity contribution in [1.29, 1.82) is 0 Å². The smallest absolute Gasteiger partial charge is 0.197 e. The Hall–Kier alpha value is -5.42. The molecule has 182 valence electrons. The van der Waals surface area contributed by atoms with Gasteiger partial charge in [0, 0.05) is 27.1 Å². The number of hydrogen-bond acceptors (Lipinski definition) is 4. The van der Waals surface area contributed by atoms with Gasteiger partial charge in [-0.15, -0.1) is 0 Å². The maximum absolute atomic E-state index is 6.48. The summed E-state index contributed by atoms with van der Waals surface area (Å²) in [6, 6.07) is 39.0. The van der Waals surface area contributed by atoms with Crippen molar-refractivity contribution >= 4 is 65.8 Å². The van der Waals surface area contributed by atoms with Gasteiger partial charge in [0.1, 0.15) is 22.3 Å². The number of rotatable bonds is 2. The molecular formula is C34H19N3O2. The van der Waals surface area contributed by atoms with Crippen LogP contribution in [0.1, 0.15) is 0 Å². The van der Waals surface area contributed by atoms with E-state index in [9.17, 15) is 0 Å². The lowest BCUT2D eigenvalue weighted by Crippen LogP contribution is -2.01. The number of benzene rings is 5. The van der Waals surface area contributed by atoms with Crippen LogP contribution in [-0.4, -0.2) is 14.5 Å². The molecule has 5 aromatic carbocycles. The van der Waals surface area contributed by atoms with Crippen molar-refractivity contribution in [3.8, 4) is 17.2 Å². The fraction of sp³-hybridized carbons (Fsp3) is 0. The highest BCUT2D eigenvalue weighted by molar-refractivity contribution is 6.24. The molecule has 4 aromatic heterocycles. The lowest BCUT2D eigenvalue weighted by molar-refractivity contribution is 0.662. The van der Waals surface area contributed by atoms with E-state index in [4.69, 9.17) is 18.8 Å². The summed E-state index contributed by atoms with van der Waals surface area (Å²) >= 11 is 0. The van der Waals surface area contributed by atoms with Crippen LogP contribution in [0.4, 0.5) is 0 Å². The zero-order chi connectivity index (χ0) is 25.5. The molecule has 9 aromatic rings. The van der Waals surface area contributed by atoms with Gasteiger partial charge in [0.2, 0.25) is 0 Å². The molecule has 0 fully saturated rings. The molecule has 0 aliphatic heterocycles. The summed E-state index contributed by atoms with van der Waals surface area (Å²) in [6.45, 7) is 0. The second-order valence-electron chi connectivity index (χ2n) is 9.80. The van der Waals surface area contributed by atoms with Gasteiger partial charge in [0.25, 0.3) is 0 Å². The fourth-order valence-electron chi connectivity index (χ4n) is 5.91. The van der Waals surface area contributed by atoms with E-state index < -0.39 is 0 Å². The fourth-order valence-corrected chi connectivity index (χ4v) is 5.91. The summed E-state index contributed by atoms with van der Waals surface area (Å²) < 4.78 is 15.1. The Labute approximate surface area is 221 Å². The summed E-state index contributed by atoms with van der Waals surface area (Å²) in [6.07, 6.45) is 0. The highest BCUT2D eigenvalue weighted by atomic mass is 16.3. The molecule has 0 atom stereocenters. The molecule has 0 bridgehead atoms. The standard InChI is InChI=1S/C34H19N3O2/c1-2-10-20(11-3-1)33-35-30-24-14-6-9-17-28(24)39-32(30)34(36-33)37-25-15-7-4-13-23(25)29-26(37)19-18-22-21-12-5-8-16-27(21)38-31(22)29/h1-19H. The van der Waals surface area contributed by atoms with E-state index in [-0.39, 0.29) is 0 Å². The molecule has 0 N–H and O–H groups in total. The van der Waals surface area contributed by atoms with Crippen LogP contribution in [0.15, 0.2) is 124 Å². The van der Waals surface area contributed by atoms with Gasteiger partial charge < -0.3 is 8.83 Å². The minimum absolute atomic E-state index is 0.653. The largest absolute Gasteiger partial charge is 0.455 e. The first-order valence-electron chi connectivity index (χ1n) is 12.9. The van der Waals surface area contributed by atoms with E-state index >= 15 is 0 Å². The Kier molecular flexibility index (Phi) is 3.99. The normalized spacial score (nSPS) is 12.1. The summed E-state index contributed by atoms with van der Waals surface area (Å²) in [5.74, 6) is 1.36. The van der Waals surface area contributed by atoms with Gasteiger partial charge in [-0.25, -0.2) is 9.97 Å². The lowest BCUT2D eigenvalue weighted by atomic mass is 10.1. The third-order valence-electron chi connectivity index (χ3n) is 7.63. The molecular weight excluding hydrogens is 482 g/mol. The Bertz CT molecular complexity index is 2390. The first-order valence-corrected chi connectivity index (χ1v) is 12.9. The molecule has 0 unspecified atom stereocenters. The first-order chi connectivity index (χ1) is 19.3. The molecule has 0 saturated carbocycles. The Morgan fingerprint density at radius 1 is 0.487 bits per heavy atom. The summed E-state index contributed by atoms with van der Waals surface area (Å²) in [5, 5.41) is 5.33. The summed E-state index contributed by atoms with van der Waals surface area (Å²) in [7, 11) is 0. The molecule has 5 heteroatoms. The molecule has 39 heavy (non-hydrogen) atoms. The van der Waals surface area contributed by atoms with Crippen LogP contribution < -0.4 is 0 Å². The van der Waals surface area contributed by atoms with Gasteiger partial charge in [-0.05, 0) is 36.4 Å². The van der Waals surface area contributed by atoms with Crippen LogP contribution in [0.3, 0.4) is 0 Å². The van der Waals surface area contributed by atoms with Crippen LogP contribution in [0.2, 0.25) is 0 Å². The highest BCUT2D eigenvalue weighted by Gasteiger charge is 2.23. The van der Waals surface area contributed by atoms with Crippen molar-refractivity contribution in [2.45, 2.75) is 0 Å². The third-order valence-corrected chi connectivity index (χ3v) is 7.63. The van der Waals surface area contributed by atoms with Gasteiger partial charge in [0.05, 0.1) is 16.4 Å². The van der Waals surface area contributed by atoms with E-state index in [2.05, 4.69) is 59.2 Å². The molecule has 0 radical (unpaired) electrons. The number of furan rings is 2. The topological polar surface area (TPSA) is 57.0 Å². The molecule has 0 saturated heterocycles. The molecule has 0 aliphatic carbocycles. The number of fused-ring (bicyclic) bond motifs is 10. The predicted molar refractivity (Wildman–Crippen MR) is 156 cm³/mol. The first kappa shape index (κ1) is 20.6. The average molecular weight is 502 g/mol. The zero-order valence-electron chi connectivity index (χ0n) is 20.6. The number of aromatic nitrogens is 3. The highest BCUT2D eigenvalue weighted by Crippen LogP contribution is 2.42. The van der Waals surface area contributed by atoms with E-state index in [1.807, 2.05) is 60.7 Å². The summed E-state index contributed by atoms with van der Waals surface area (Å²) in [4.78, 5) is 10.2. The van der Waals surface area contributed by atoms with Crippen LogP contribution in [-0.2, 0) is 0 Å². The SMILES string of the molecule is c1ccc(-c2nc(-n3c4ccccc4c4c5oc6ccccc6c5ccc43)c3oc4ccccc4c3n2)cc1. The van der Waals surface area contributed by atoms with E-state index in [1.54, 1.807) is 0 Å². The second kappa shape index (κ2) is 7.55. The molecule has 0 amide bonds. The Morgan fingerprint density at radius 3 is 2.00 bits per heavy atom. The average Bonchev–Trinajstić information content (AvgIpc) is 3.66. The minimum Gasteiger partial charge on any atom is -0.455 e. The number of nitrogens with zero attached hydrogens (tertiary/aromatic N) is 3. The van der Waals surface area contributed by atoms with Crippen molar-refractivity contribution in [2.75, 3.05) is 0 Å². The molecule has 4 heterocycles. The van der Waals surface area contributed by atoms with Crippen LogP contribution in [0.5, 0.6) is 0 Å². The second-order valence-corrected chi connectivity index (χ2v) is 9.80. The van der Waals surface area contributed by atoms with E-state index in [0.717, 1.165) is 65.8 Å². The maximum Gasteiger partial charge on any atom is 0.197 e. The van der Waals surface area contributed by atoms with Gasteiger partial charge in [-0.3, -0.25) is 4.57 Å². The molecule has 0 aliphatic rings.